The van der Waals surface area contributed by atoms with Gasteiger partial charge in [-0.05, 0) is 25.0 Å². The minimum absolute atomic E-state index is 0.170. The maximum Gasteiger partial charge on any atom is 0.104 e. The number of methoxy groups -OCH3 is 1. The second-order valence-corrected chi connectivity index (χ2v) is 5.08. The number of hydrogen-bond acceptors (Lipinski definition) is 4. The molecule has 0 aromatic carbocycles. The Labute approximate surface area is 109 Å². The summed E-state index contributed by atoms with van der Waals surface area (Å²) in [5, 5.41) is 3.46. The van der Waals surface area contributed by atoms with Gasteiger partial charge >= 0.3 is 0 Å². The molecular formula is C14H23NO3. The second kappa shape index (κ2) is 6.92. The maximum atomic E-state index is 5.68. The van der Waals surface area contributed by atoms with Crippen LogP contribution in [0.5, 0.6) is 0 Å². The van der Waals surface area contributed by atoms with E-state index in [1.807, 2.05) is 12.1 Å². The Morgan fingerprint density at radius 2 is 2.44 bits per heavy atom. The molecule has 1 aromatic heterocycles. The molecule has 1 fully saturated rings. The molecule has 1 aliphatic rings. The summed E-state index contributed by atoms with van der Waals surface area (Å²) < 4.78 is 16.2. The molecule has 0 aliphatic carbocycles. The highest BCUT2D eigenvalue weighted by Crippen LogP contribution is 2.32. The number of rotatable bonds is 7. The largest absolute Gasteiger partial charge is 0.469 e. The summed E-state index contributed by atoms with van der Waals surface area (Å²) in [4.78, 5) is 0. The monoisotopic (exact) mass is 253 g/mol. The third-order valence-corrected chi connectivity index (χ3v) is 3.52. The van der Waals surface area contributed by atoms with Gasteiger partial charge in [0.15, 0.2) is 0 Å². The number of hydrogen-bond donors (Lipinski definition) is 1. The molecule has 4 heteroatoms. The maximum absolute atomic E-state index is 5.68. The lowest BCUT2D eigenvalue weighted by atomic mass is 9.78. The van der Waals surface area contributed by atoms with Crippen molar-refractivity contribution < 1.29 is 13.9 Å². The van der Waals surface area contributed by atoms with Gasteiger partial charge in [-0.3, -0.25) is 0 Å². The van der Waals surface area contributed by atoms with Gasteiger partial charge in [-0.15, -0.1) is 0 Å². The molecule has 0 radical (unpaired) electrons. The van der Waals surface area contributed by atoms with Crippen molar-refractivity contribution in [2.75, 3.05) is 40.0 Å². The summed E-state index contributed by atoms with van der Waals surface area (Å²) in [5.41, 5.74) is 0.170. The van der Waals surface area contributed by atoms with Crippen LogP contribution in [-0.2, 0) is 15.9 Å². The van der Waals surface area contributed by atoms with E-state index in [1.165, 1.54) is 6.42 Å². The van der Waals surface area contributed by atoms with Crippen LogP contribution in [0.15, 0.2) is 22.8 Å². The Bertz CT molecular complexity index is 318. The van der Waals surface area contributed by atoms with Gasteiger partial charge in [-0.2, -0.15) is 0 Å². The summed E-state index contributed by atoms with van der Waals surface area (Å²) in [6.07, 6.45) is 5.01. The molecule has 102 valence electrons. The molecule has 1 atom stereocenters. The lowest BCUT2D eigenvalue weighted by Gasteiger charge is -2.36. The summed E-state index contributed by atoms with van der Waals surface area (Å²) in [6.45, 7) is 4.29. The zero-order chi connectivity index (χ0) is 12.7. The van der Waals surface area contributed by atoms with Crippen molar-refractivity contribution in [3.8, 4) is 0 Å². The molecular weight excluding hydrogens is 230 g/mol. The lowest BCUT2D eigenvalue weighted by molar-refractivity contribution is -0.0101. The lowest BCUT2D eigenvalue weighted by Crippen LogP contribution is -2.43. The third kappa shape index (κ3) is 3.83. The quantitative estimate of drug-likeness (QED) is 0.753. The van der Waals surface area contributed by atoms with Crippen LogP contribution in [0.2, 0.25) is 0 Å². The van der Waals surface area contributed by atoms with Crippen molar-refractivity contribution in [1.82, 2.24) is 5.32 Å². The fourth-order valence-corrected chi connectivity index (χ4v) is 2.56. The summed E-state index contributed by atoms with van der Waals surface area (Å²) >= 11 is 0. The van der Waals surface area contributed by atoms with Crippen LogP contribution in [-0.4, -0.2) is 40.0 Å². The van der Waals surface area contributed by atoms with E-state index in [2.05, 4.69) is 5.32 Å². The molecule has 1 aromatic rings. The summed E-state index contributed by atoms with van der Waals surface area (Å²) in [5.74, 6) is 1.05. The van der Waals surface area contributed by atoms with Gasteiger partial charge in [0, 0.05) is 38.6 Å². The number of furan rings is 1. The van der Waals surface area contributed by atoms with E-state index in [0.29, 0.717) is 0 Å². The highest BCUT2D eigenvalue weighted by atomic mass is 16.5. The molecule has 18 heavy (non-hydrogen) atoms. The van der Waals surface area contributed by atoms with Crippen molar-refractivity contribution >= 4 is 0 Å². The molecule has 0 saturated carbocycles. The van der Waals surface area contributed by atoms with Crippen molar-refractivity contribution in [2.45, 2.75) is 19.3 Å². The summed E-state index contributed by atoms with van der Waals surface area (Å²) in [7, 11) is 1.73. The first-order chi connectivity index (χ1) is 8.85. The van der Waals surface area contributed by atoms with E-state index in [9.17, 15) is 0 Å². The molecule has 1 unspecified atom stereocenters. The van der Waals surface area contributed by atoms with Crippen LogP contribution in [0.3, 0.4) is 0 Å². The molecule has 2 rings (SSSR count). The van der Waals surface area contributed by atoms with Crippen LogP contribution < -0.4 is 5.32 Å². The smallest absolute Gasteiger partial charge is 0.104 e. The van der Waals surface area contributed by atoms with Crippen molar-refractivity contribution in [3.63, 3.8) is 0 Å². The predicted octanol–water partition coefficient (Wildman–Crippen LogP) is 1.85. The minimum atomic E-state index is 0.170. The van der Waals surface area contributed by atoms with Crippen LogP contribution >= 0.6 is 0 Å². The normalized spacial score (nSPS) is 24.3. The molecule has 4 nitrogen and oxygen atoms in total. The fourth-order valence-electron chi connectivity index (χ4n) is 2.56. The molecule has 0 amide bonds. The third-order valence-electron chi connectivity index (χ3n) is 3.52. The standard InChI is InChI=1S/C14H23NO3/c1-16-9-6-15-11-14(5-3-7-17-12-14)10-13-4-2-8-18-13/h2,4,8,15H,3,5-7,9-12H2,1H3. The van der Waals surface area contributed by atoms with Gasteiger partial charge in [0.25, 0.3) is 0 Å². The first kappa shape index (κ1) is 13.6. The van der Waals surface area contributed by atoms with Gasteiger partial charge in [-0.25, -0.2) is 0 Å². The second-order valence-electron chi connectivity index (χ2n) is 5.08. The van der Waals surface area contributed by atoms with Crippen LogP contribution in [0.4, 0.5) is 0 Å². The van der Waals surface area contributed by atoms with Crippen molar-refractivity contribution in [1.29, 1.82) is 0 Å². The Hall–Kier alpha value is -0.840. The topological polar surface area (TPSA) is 43.6 Å². The van der Waals surface area contributed by atoms with Crippen molar-refractivity contribution in [3.05, 3.63) is 24.2 Å². The van der Waals surface area contributed by atoms with E-state index in [-0.39, 0.29) is 5.41 Å². The van der Waals surface area contributed by atoms with E-state index in [4.69, 9.17) is 13.9 Å². The van der Waals surface area contributed by atoms with E-state index >= 15 is 0 Å². The van der Waals surface area contributed by atoms with Crippen LogP contribution in [0, 0.1) is 5.41 Å². The molecule has 1 saturated heterocycles. The first-order valence-electron chi connectivity index (χ1n) is 6.64. The van der Waals surface area contributed by atoms with Gasteiger partial charge in [0.05, 0.1) is 19.5 Å². The minimum Gasteiger partial charge on any atom is -0.469 e. The Morgan fingerprint density at radius 3 is 3.11 bits per heavy atom. The van der Waals surface area contributed by atoms with Gasteiger partial charge in [-0.1, -0.05) is 0 Å². The predicted molar refractivity (Wildman–Crippen MR) is 69.6 cm³/mol. The van der Waals surface area contributed by atoms with E-state index in [0.717, 1.165) is 51.5 Å². The molecule has 1 N–H and O–H groups in total. The van der Waals surface area contributed by atoms with Gasteiger partial charge in [0.1, 0.15) is 5.76 Å². The van der Waals surface area contributed by atoms with Crippen LogP contribution in [0.25, 0.3) is 0 Å². The average Bonchev–Trinajstić information content (AvgIpc) is 2.89. The van der Waals surface area contributed by atoms with E-state index in [1.54, 1.807) is 13.4 Å². The number of nitrogens with one attached hydrogen (secondary N) is 1. The number of ether oxygens (including phenoxy) is 2. The van der Waals surface area contributed by atoms with Gasteiger partial charge < -0.3 is 19.2 Å². The zero-order valence-electron chi connectivity index (χ0n) is 11.1. The Balaban J connectivity index is 1.89. The average molecular weight is 253 g/mol. The highest BCUT2D eigenvalue weighted by molar-refractivity contribution is 5.03. The zero-order valence-corrected chi connectivity index (χ0v) is 11.1. The van der Waals surface area contributed by atoms with Gasteiger partial charge in [0.2, 0.25) is 0 Å². The van der Waals surface area contributed by atoms with Crippen LogP contribution in [0.1, 0.15) is 18.6 Å². The summed E-state index contributed by atoms with van der Waals surface area (Å²) in [6, 6.07) is 4.00. The first-order valence-corrected chi connectivity index (χ1v) is 6.64. The Morgan fingerprint density at radius 1 is 1.50 bits per heavy atom. The molecule has 0 bridgehead atoms. The molecule has 2 heterocycles. The molecule has 1 aliphatic heterocycles. The Kier molecular flexibility index (Phi) is 5.23. The molecule has 0 spiro atoms. The van der Waals surface area contributed by atoms with E-state index < -0.39 is 0 Å². The van der Waals surface area contributed by atoms with Crippen molar-refractivity contribution in [2.24, 2.45) is 5.41 Å². The fraction of sp³-hybridized carbons (Fsp3) is 0.714. The highest BCUT2D eigenvalue weighted by Gasteiger charge is 2.33. The SMILES string of the molecule is COCCNCC1(Cc2ccco2)CCCOC1.